The highest BCUT2D eigenvalue weighted by atomic mass is 79.9. The minimum Gasteiger partial charge on any atom is -0.771 e. The number of sulfonamides is 1. The zero-order valence-corrected chi connectivity index (χ0v) is 19.9. The lowest BCUT2D eigenvalue weighted by Crippen LogP contribution is -2.29. The highest BCUT2D eigenvalue weighted by Crippen LogP contribution is 2.28. The largest absolute Gasteiger partial charge is 0.771 e. The first kappa shape index (κ1) is 24.1. The molecule has 0 aromatic heterocycles. The van der Waals surface area contributed by atoms with Crippen LogP contribution in [0.5, 0.6) is 5.75 Å². The zero-order chi connectivity index (χ0) is 22.4. The molecule has 0 spiro atoms. The van der Waals surface area contributed by atoms with Gasteiger partial charge >= 0.3 is 0 Å². The smallest absolute Gasteiger partial charge is 0.240 e. The number of nitrogens with one attached hydrogen (secondary N) is 1. The summed E-state index contributed by atoms with van der Waals surface area (Å²) in [5, 5.41) is 6.96. The Morgan fingerprint density at radius 2 is 1.97 bits per heavy atom. The van der Waals surface area contributed by atoms with Crippen molar-refractivity contribution in [3.05, 3.63) is 52.5 Å². The summed E-state index contributed by atoms with van der Waals surface area (Å²) in [4.78, 5) is -0.169. The van der Waals surface area contributed by atoms with Crippen molar-refractivity contribution in [3.8, 4) is 5.75 Å². The molecule has 3 rings (SSSR count). The van der Waals surface area contributed by atoms with Crippen LogP contribution in [0.3, 0.4) is 0 Å². The van der Waals surface area contributed by atoms with Crippen molar-refractivity contribution in [2.75, 3.05) is 25.1 Å². The fraction of sp³-hybridized carbons (Fsp3) is 0.400. The van der Waals surface area contributed by atoms with Crippen molar-refractivity contribution in [2.24, 2.45) is 11.1 Å². The van der Waals surface area contributed by atoms with Gasteiger partial charge in [-0.05, 0) is 59.7 Å². The van der Waals surface area contributed by atoms with E-state index in [1.165, 1.54) is 18.2 Å². The first-order valence-corrected chi connectivity index (χ1v) is 13.2. The fourth-order valence-electron chi connectivity index (χ4n) is 3.33. The molecule has 170 valence electrons. The maximum absolute atomic E-state index is 11.9. The van der Waals surface area contributed by atoms with E-state index < -0.39 is 26.5 Å². The van der Waals surface area contributed by atoms with Crippen LogP contribution < -0.4 is 15.2 Å². The number of halogens is 1. The number of benzene rings is 2. The first-order valence-electron chi connectivity index (χ1n) is 9.69. The summed E-state index contributed by atoms with van der Waals surface area (Å²) in [6, 6.07) is 11.3. The third-order valence-corrected chi connectivity index (χ3v) is 7.20. The number of hydrogen-bond donors (Lipinski definition) is 2. The van der Waals surface area contributed by atoms with Gasteiger partial charge in [0.05, 0.1) is 17.7 Å². The highest BCUT2D eigenvalue weighted by molar-refractivity contribution is 9.10. The van der Waals surface area contributed by atoms with Crippen LogP contribution in [0.4, 0.5) is 5.69 Å². The second-order valence-electron chi connectivity index (χ2n) is 7.26. The van der Waals surface area contributed by atoms with E-state index in [2.05, 4.69) is 21.2 Å². The predicted molar refractivity (Wildman–Crippen MR) is 121 cm³/mol. The van der Waals surface area contributed by atoms with Gasteiger partial charge in [-0.2, -0.15) is 0 Å². The number of anilines is 1. The number of hydrogen-bond acceptors (Lipinski definition) is 7. The van der Waals surface area contributed by atoms with Gasteiger partial charge in [0.15, 0.2) is 0 Å². The van der Waals surface area contributed by atoms with Crippen LogP contribution in [0.1, 0.15) is 18.4 Å². The monoisotopic (exact) mass is 531 g/mol. The molecule has 8 nitrogen and oxygen atoms in total. The molecule has 2 aromatic rings. The maximum Gasteiger partial charge on any atom is 0.240 e. The number of primary sulfonamides is 1. The van der Waals surface area contributed by atoms with Gasteiger partial charge in [0.25, 0.3) is 0 Å². The molecule has 31 heavy (non-hydrogen) atoms. The molecule has 1 saturated heterocycles. The van der Waals surface area contributed by atoms with Crippen LogP contribution in [0, 0.1) is 5.92 Å². The van der Waals surface area contributed by atoms with Gasteiger partial charge in [0, 0.05) is 24.1 Å². The van der Waals surface area contributed by atoms with Crippen LogP contribution in [0.2, 0.25) is 0 Å². The fourth-order valence-corrected chi connectivity index (χ4v) is 4.91. The average molecular weight is 532 g/mol. The van der Waals surface area contributed by atoms with E-state index >= 15 is 0 Å². The van der Waals surface area contributed by atoms with Crippen molar-refractivity contribution in [2.45, 2.75) is 29.5 Å². The Morgan fingerprint density at radius 3 is 2.65 bits per heavy atom. The second-order valence-corrected chi connectivity index (χ2v) is 10.8. The van der Waals surface area contributed by atoms with Crippen molar-refractivity contribution >= 4 is 42.7 Å². The molecule has 1 heterocycles. The van der Waals surface area contributed by atoms with Gasteiger partial charge in [-0.25, -0.2) is 13.6 Å². The molecule has 0 amide bonds. The van der Waals surface area contributed by atoms with Crippen molar-refractivity contribution < 1.29 is 26.7 Å². The van der Waals surface area contributed by atoms with E-state index in [4.69, 9.17) is 14.6 Å². The summed E-state index contributed by atoms with van der Waals surface area (Å²) in [5.74, 6) is 0.961. The molecule has 0 radical (unpaired) electrons. The Hall–Kier alpha value is -1.50. The van der Waals surface area contributed by atoms with E-state index in [1.807, 2.05) is 0 Å². The molecule has 2 aromatic carbocycles. The number of rotatable bonds is 9. The highest BCUT2D eigenvalue weighted by Gasteiger charge is 2.20. The van der Waals surface area contributed by atoms with Crippen molar-refractivity contribution in [1.82, 2.24) is 0 Å². The SMILES string of the molecule is NS(=O)(=O)c1ccccc1NC(Cc1ccc(Br)cc1OCC1CCOCC1)S(=O)[O-]. The molecule has 0 saturated carbocycles. The Morgan fingerprint density at radius 1 is 1.26 bits per heavy atom. The molecular formula is C20H24BrN2O6S2-. The van der Waals surface area contributed by atoms with Crippen LogP contribution in [-0.2, 0) is 32.3 Å². The van der Waals surface area contributed by atoms with Crippen LogP contribution in [-0.4, -0.2) is 42.4 Å². The van der Waals surface area contributed by atoms with E-state index in [1.54, 1.807) is 24.3 Å². The lowest BCUT2D eigenvalue weighted by atomic mass is 10.0. The lowest BCUT2D eigenvalue weighted by Gasteiger charge is -2.26. The van der Waals surface area contributed by atoms with Gasteiger partial charge in [0.2, 0.25) is 10.0 Å². The van der Waals surface area contributed by atoms with Crippen molar-refractivity contribution in [3.63, 3.8) is 0 Å². The standard InChI is InChI=1S/C20H25BrN2O6S2/c21-16-6-5-15(18(12-16)29-13-14-7-9-28-10-8-14)11-20(30(24)25)23-17-3-1-2-4-19(17)31(22,26)27/h1-6,12,14,20,23H,7-11,13H2,(H,24,25)(H2,22,26,27)/p-1. The molecule has 0 aliphatic carbocycles. The van der Waals surface area contributed by atoms with E-state index in [9.17, 15) is 17.2 Å². The van der Waals surface area contributed by atoms with E-state index in [0.717, 1.165) is 17.3 Å². The van der Waals surface area contributed by atoms with E-state index in [0.29, 0.717) is 37.1 Å². The van der Waals surface area contributed by atoms with Gasteiger partial charge in [-0.15, -0.1) is 0 Å². The van der Waals surface area contributed by atoms with Gasteiger partial charge in [0.1, 0.15) is 10.6 Å². The summed E-state index contributed by atoms with van der Waals surface area (Å²) in [6.45, 7) is 1.94. The Labute approximate surface area is 193 Å². The molecule has 11 heteroatoms. The summed E-state index contributed by atoms with van der Waals surface area (Å²) in [5.41, 5.74) is 0.811. The topological polar surface area (TPSA) is 131 Å². The minimum absolute atomic E-state index is 0.0749. The number of ether oxygens (including phenoxy) is 2. The molecular weight excluding hydrogens is 508 g/mol. The normalized spacial score (nSPS) is 17.1. The molecule has 1 aliphatic heterocycles. The van der Waals surface area contributed by atoms with Gasteiger partial charge in [-0.3, -0.25) is 4.21 Å². The average Bonchev–Trinajstić information content (AvgIpc) is 2.73. The first-order chi connectivity index (χ1) is 14.7. The summed E-state index contributed by atoms with van der Waals surface area (Å²) in [7, 11) is -4.02. The van der Waals surface area contributed by atoms with E-state index in [-0.39, 0.29) is 17.0 Å². The van der Waals surface area contributed by atoms with Gasteiger partial charge < -0.3 is 19.3 Å². The van der Waals surface area contributed by atoms with Crippen molar-refractivity contribution in [1.29, 1.82) is 0 Å². The molecule has 3 N–H and O–H groups in total. The summed E-state index contributed by atoms with van der Waals surface area (Å²) < 4.78 is 59.8. The molecule has 2 atom stereocenters. The summed E-state index contributed by atoms with van der Waals surface area (Å²) in [6.07, 6.45) is 1.91. The second kappa shape index (κ2) is 10.9. The Balaban J connectivity index is 1.79. The Bertz CT molecular complexity index is 1030. The Kier molecular flexibility index (Phi) is 8.48. The minimum atomic E-state index is -4.02. The molecule has 2 unspecified atom stereocenters. The van der Waals surface area contributed by atoms with Crippen LogP contribution in [0.25, 0.3) is 0 Å². The number of para-hydroxylation sites is 1. The van der Waals surface area contributed by atoms with Crippen LogP contribution in [0.15, 0.2) is 51.8 Å². The molecule has 1 fully saturated rings. The predicted octanol–water partition coefficient (Wildman–Crippen LogP) is 2.76. The number of nitrogens with two attached hydrogens (primary N) is 1. The summed E-state index contributed by atoms with van der Waals surface area (Å²) >= 11 is 0.883. The lowest BCUT2D eigenvalue weighted by molar-refractivity contribution is 0.0496. The third-order valence-electron chi connectivity index (χ3n) is 4.99. The maximum atomic E-state index is 11.9. The zero-order valence-electron chi connectivity index (χ0n) is 16.7. The molecule has 1 aliphatic rings. The van der Waals surface area contributed by atoms with Gasteiger partial charge in [-0.1, -0.05) is 34.1 Å². The van der Waals surface area contributed by atoms with Crippen LogP contribution >= 0.6 is 15.9 Å². The third kappa shape index (κ3) is 6.99. The molecule has 0 bridgehead atoms. The quantitative estimate of drug-likeness (QED) is 0.475.